The monoisotopic (exact) mass is 232 g/mol. The number of alkyl halides is 3. The van der Waals surface area contributed by atoms with Crippen molar-refractivity contribution in [2.45, 2.75) is 12.6 Å². The minimum Gasteiger partial charge on any atom is -0.364 e. The quantitative estimate of drug-likeness (QED) is 0.779. The van der Waals surface area contributed by atoms with Crippen molar-refractivity contribution >= 4 is 5.78 Å². The lowest BCUT2D eigenvalue weighted by Gasteiger charge is -2.06. The summed E-state index contributed by atoms with van der Waals surface area (Å²) in [5, 5.41) is 0. The maximum Gasteiger partial charge on any atom is 0.411 e. The molecule has 0 N–H and O–H groups in total. The predicted molar refractivity (Wildman–Crippen MR) is 52.0 cm³/mol. The van der Waals surface area contributed by atoms with Crippen LogP contribution < -0.4 is 0 Å². The lowest BCUT2D eigenvalue weighted by atomic mass is 10.1. The largest absolute Gasteiger partial charge is 0.411 e. The van der Waals surface area contributed by atoms with Crippen LogP contribution in [0.3, 0.4) is 0 Å². The van der Waals surface area contributed by atoms with Crippen LogP contribution in [0.5, 0.6) is 0 Å². The molecular weight excluding hydrogens is 221 g/mol. The first-order valence-corrected chi connectivity index (χ1v) is 4.67. The van der Waals surface area contributed by atoms with Crippen LogP contribution in [0.2, 0.25) is 0 Å². The summed E-state index contributed by atoms with van der Waals surface area (Å²) in [5.74, 6) is -0.365. The molecule has 0 aliphatic carbocycles. The van der Waals surface area contributed by atoms with Gasteiger partial charge in [0.2, 0.25) is 0 Å². The summed E-state index contributed by atoms with van der Waals surface area (Å²) in [6.45, 7) is -1.89. The van der Waals surface area contributed by atoms with E-state index in [9.17, 15) is 18.0 Å². The van der Waals surface area contributed by atoms with Crippen molar-refractivity contribution in [2.75, 3.05) is 13.2 Å². The van der Waals surface area contributed by atoms with E-state index in [-0.39, 0.29) is 12.2 Å². The Kier molecular flexibility index (Phi) is 4.49. The third-order valence-electron chi connectivity index (χ3n) is 1.77. The van der Waals surface area contributed by atoms with Crippen molar-refractivity contribution in [3.05, 3.63) is 35.9 Å². The van der Waals surface area contributed by atoms with Gasteiger partial charge in [0.25, 0.3) is 0 Å². The van der Waals surface area contributed by atoms with Gasteiger partial charge in [-0.05, 0) is 5.56 Å². The van der Waals surface area contributed by atoms with Crippen molar-refractivity contribution in [3.63, 3.8) is 0 Å². The van der Waals surface area contributed by atoms with E-state index in [0.29, 0.717) is 0 Å². The molecule has 16 heavy (non-hydrogen) atoms. The van der Waals surface area contributed by atoms with E-state index < -0.39 is 19.4 Å². The molecule has 0 bridgehead atoms. The van der Waals surface area contributed by atoms with Crippen LogP contribution in [0.1, 0.15) is 5.56 Å². The topological polar surface area (TPSA) is 26.3 Å². The van der Waals surface area contributed by atoms with Crippen LogP contribution >= 0.6 is 0 Å². The second kappa shape index (κ2) is 5.65. The van der Waals surface area contributed by atoms with Crippen molar-refractivity contribution in [1.82, 2.24) is 0 Å². The normalized spacial score (nSPS) is 11.4. The van der Waals surface area contributed by atoms with Crippen LogP contribution in [-0.2, 0) is 16.0 Å². The molecule has 0 heterocycles. The Labute approximate surface area is 91.0 Å². The Bertz CT molecular complexity index is 333. The van der Waals surface area contributed by atoms with Crippen molar-refractivity contribution in [2.24, 2.45) is 0 Å². The van der Waals surface area contributed by atoms with E-state index in [1.807, 2.05) is 0 Å². The Hall–Kier alpha value is -1.36. The van der Waals surface area contributed by atoms with E-state index in [2.05, 4.69) is 4.74 Å². The molecule has 1 rings (SSSR count). The van der Waals surface area contributed by atoms with Gasteiger partial charge in [-0.15, -0.1) is 0 Å². The molecule has 2 nitrogen and oxygen atoms in total. The van der Waals surface area contributed by atoms with Gasteiger partial charge in [0.05, 0.1) is 0 Å². The molecule has 88 valence electrons. The summed E-state index contributed by atoms with van der Waals surface area (Å²) in [7, 11) is 0. The Morgan fingerprint density at radius 3 is 2.38 bits per heavy atom. The SMILES string of the molecule is O=C(COCC(F)(F)F)Cc1ccccc1. The number of carbonyl (C=O) groups excluding carboxylic acids is 1. The Morgan fingerprint density at radius 2 is 1.81 bits per heavy atom. The number of ether oxygens (including phenoxy) is 1. The molecule has 0 fully saturated rings. The third-order valence-corrected chi connectivity index (χ3v) is 1.77. The van der Waals surface area contributed by atoms with Gasteiger partial charge in [0, 0.05) is 6.42 Å². The number of hydrogen-bond acceptors (Lipinski definition) is 2. The van der Waals surface area contributed by atoms with Gasteiger partial charge < -0.3 is 4.74 Å². The number of hydrogen-bond donors (Lipinski definition) is 0. The zero-order valence-corrected chi connectivity index (χ0v) is 8.46. The first-order valence-electron chi connectivity index (χ1n) is 4.67. The van der Waals surface area contributed by atoms with Gasteiger partial charge >= 0.3 is 6.18 Å². The van der Waals surface area contributed by atoms with Gasteiger partial charge in [-0.3, -0.25) is 4.79 Å². The molecule has 0 aliphatic heterocycles. The van der Waals surface area contributed by atoms with Gasteiger partial charge in [0.1, 0.15) is 13.2 Å². The highest BCUT2D eigenvalue weighted by atomic mass is 19.4. The molecule has 0 aromatic heterocycles. The van der Waals surface area contributed by atoms with E-state index in [4.69, 9.17) is 0 Å². The first kappa shape index (κ1) is 12.7. The number of benzene rings is 1. The lowest BCUT2D eigenvalue weighted by Crippen LogP contribution is -2.21. The fourth-order valence-corrected chi connectivity index (χ4v) is 1.16. The summed E-state index contributed by atoms with van der Waals surface area (Å²) in [4.78, 5) is 11.2. The second-order valence-electron chi connectivity index (χ2n) is 3.31. The maximum atomic E-state index is 11.7. The lowest BCUT2D eigenvalue weighted by molar-refractivity contribution is -0.175. The molecule has 0 spiro atoms. The number of carbonyl (C=O) groups is 1. The average molecular weight is 232 g/mol. The van der Waals surface area contributed by atoms with Crippen LogP contribution in [-0.4, -0.2) is 25.2 Å². The molecule has 0 aliphatic rings. The molecular formula is C11H11F3O2. The predicted octanol–water partition coefficient (Wildman–Crippen LogP) is 2.38. The van der Waals surface area contributed by atoms with Gasteiger partial charge in [-0.1, -0.05) is 30.3 Å². The molecule has 0 unspecified atom stereocenters. The highest BCUT2D eigenvalue weighted by molar-refractivity contribution is 5.82. The van der Waals surface area contributed by atoms with E-state index in [0.717, 1.165) is 5.56 Å². The van der Waals surface area contributed by atoms with Crippen LogP contribution in [0.25, 0.3) is 0 Å². The molecule has 0 saturated heterocycles. The summed E-state index contributed by atoms with van der Waals surface area (Å²) in [5.41, 5.74) is 0.767. The van der Waals surface area contributed by atoms with E-state index >= 15 is 0 Å². The number of Topliss-reactive ketones (excluding diaryl/α,β-unsaturated/α-hetero) is 1. The second-order valence-corrected chi connectivity index (χ2v) is 3.31. The van der Waals surface area contributed by atoms with E-state index in [1.54, 1.807) is 30.3 Å². The number of ketones is 1. The summed E-state index contributed by atoms with van der Waals surface area (Å²) < 4.78 is 39.3. The Balaban J connectivity index is 2.27. The highest BCUT2D eigenvalue weighted by Gasteiger charge is 2.27. The fourth-order valence-electron chi connectivity index (χ4n) is 1.16. The minimum absolute atomic E-state index is 0.0959. The van der Waals surface area contributed by atoms with Crippen LogP contribution in [0.4, 0.5) is 13.2 Å². The van der Waals surface area contributed by atoms with Crippen LogP contribution in [0, 0.1) is 0 Å². The zero-order valence-electron chi connectivity index (χ0n) is 8.46. The molecule has 1 aromatic rings. The standard InChI is InChI=1S/C11H11F3O2/c12-11(13,14)8-16-7-10(15)6-9-4-2-1-3-5-9/h1-5H,6-8H2. The smallest absolute Gasteiger partial charge is 0.364 e. The number of rotatable bonds is 5. The first-order chi connectivity index (χ1) is 7.47. The van der Waals surface area contributed by atoms with Gasteiger partial charge in [-0.25, -0.2) is 0 Å². The Morgan fingerprint density at radius 1 is 1.19 bits per heavy atom. The number of halogens is 3. The van der Waals surface area contributed by atoms with Crippen LogP contribution in [0.15, 0.2) is 30.3 Å². The minimum atomic E-state index is -4.38. The highest BCUT2D eigenvalue weighted by Crippen LogP contribution is 2.14. The maximum absolute atomic E-state index is 11.7. The molecule has 0 atom stereocenters. The zero-order chi connectivity index (χ0) is 12.0. The van der Waals surface area contributed by atoms with Gasteiger partial charge in [0.15, 0.2) is 5.78 Å². The summed E-state index contributed by atoms with van der Waals surface area (Å²) >= 11 is 0. The van der Waals surface area contributed by atoms with Crippen molar-refractivity contribution in [3.8, 4) is 0 Å². The molecule has 0 saturated carbocycles. The third kappa shape index (κ3) is 5.50. The summed E-state index contributed by atoms with van der Waals surface area (Å²) in [6.07, 6.45) is -4.29. The molecule has 0 amide bonds. The molecule has 5 heteroatoms. The molecule has 0 radical (unpaired) electrons. The van der Waals surface area contributed by atoms with Gasteiger partial charge in [-0.2, -0.15) is 13.2 Å². The summed E-state index contributed by atoms with van der Waals surface area (Å²) in [6, 6.07) is 8.80. The van der Waals surface area contributed by atoms with Crippen molar-refractivity contribution in [1.29, 1.82) is 0 Å². The van der Waals surface area contributed by atoms with E-state index in [1.165, 1.54) is 0 Å². The molecule has 1 aromatic carbocycles. The fraction of sp³-hybridized carbons (Fsp3) is 0.364. The average Bonchev–Trinajstić information content (AvgIpc) is 2.17. The van der Waals surface area contributed by atoms with Crippen molar-refractivity contribution < 1.29 is 22.7 Å².